The maximum absolute atomic E-state index is 12.4. The van der Waals surface area contributed by atoms with E-state index in [1.54, 1.807) is 0 Å². The Labute approximate surface area is 212 Å². The maximum atomic E-state index is 12.4. The third-order valence-corrected chi connectivity index (χ3v) is 8.52. The number of piperidine rings is 1. The second-order valence-electron chi connectivity index (χ2n) is 11.2. The van der Waals surface area contributed by atoms with Crippen molar-refractivity contribution in [1.82, 2.24) is 15.2 Å². The Morgan fingerprint density at radius 3 is 2.49 bits per heavy atom. The van der Waals surface area contributed by atoms with Gasteiger partial charge in [0.1, 0.15) is 5.60 Å². The van der Waals surface area contributed by atoms with E-state index in [1.165, 1.54) is 23.3 Å². The smallest absolute Gasteiger partial charge is 0.410 e. The number of nitrogens with one attached hydrogen (secondary N) is 1. The Balaban J connectivity index is 1.17. The molecule has 3 aliphatic rings. The highest BCUT2D eigenvalue weighted by atomic mass is 32.1. The molecule has 35 heavy (non-hydrogen) atoms. The van der Waals surface area contributed by atoms with E-state index in [0.717, 1.165) is 69.6 Å². The summed E-state index contributed by atoms with van der Waals surface area (Å²) in [6.45, 7) is 11.6. The Morgan fingerprint density at radius 2 is 1.83 bits per heavy atom. The highest BCUT2D eigenvalue weighted by molar-refractivity contribution is 7.16. The molecule has 1 spiro atoms. The summed E-state index contributed by atoms with van der Waals surface area (Å²) in [7, 11) is 0. The van der Waals surface area contributed by atoms with Crippen molar-refractivity contribution in [2.24, 2.45) is 5.41 Å². The zero-order valence-corrected chi connectivity index (χ0v) is 22.0. The minimum Gasteiger partial charge on any atom is -0.444 e. The van der Waals surface area contributed by atoms with Gasteiger partial charge in [-0.1, -0.05) is 41.7 Å². The molecule has 1 aromatic heterocycles. The number of hydrogen-bond donors (Lipinski definition) is 1. The number of amides is 1. The second kappa shape index (κ2) is 10.1. The predicted octanol–water partition coefficient (Wildman–Crippen LogP) is 4.92. The van der Waals surface area contributed by atoms with Gasteiger partial charge in [0, 0.05) is 49.2 Å². The molecule has 1 aliphatic carbocycles. The molecular formula is C27H38N4O3S. The summed E-state index contributed by atoms with van der Waals surface area (Å²) in [4.78, 5) is 23.0. The molecule has 1 saturated carbocycles. The van der Waals surface area contributed by atoms with Gasteiger partial charge in [0.15, 0.2) is 5.13 Å². The summed E-state index contributed by atoms with van der Waals surface area (Å²) in [6, 6.07) is 11.1. The lowest BCUT2D eigenvalue weighted by molar-refractivity contribution is -0.0164. The van der Waals surface area contributed by atoms with E-state index < -0.39 is 5.60 Å². The van der Waals surface area contributed by atoms with Crippen LogP contribution in [0, 0.1) is 5.41 Å². The van der Waals surface area contributed by atoms with E-state index in [9.17, 15) is 4.79 Å². The maximum Gasteiger partial charge on any atom is 0.410 e. The van der Waals surface area contributed by atoms with Crippen molar-refractivity contribution in [1.29, 1.82) is 0 Å². The number of ether oxygens (including phenoxy) is 2. The number of benzene rings is 1. The second-order valence-corrected chi connectivity index (χ2v) is 12.2. The summed E-state index contributed by atoms with van der Waals surface area (Å²) in [5.41, 5.74) is 2.23. The number of carbonyl (C=O) groups excluding carboxylic acids is 1. The number of rotatable bonds is 5. The Bertz CT molecular complexity index is 997. The van der Waals surface area contributed by atoms with Crippen LogP contribution in [0.3, 0.4) is 0 Å². The molecule has 7 nitrogen and oxygen atoms in total. The number of thiazole rings is 1. The Kier molecular flexibility index (Phi) is 7.06. The third kappa shape index (κ3) is 5.81. The lowest BCUT2D eigenvalue weighted by Crippen LogP contribution is -2.54. The first kappa shape index (κ1) is 24.5. The van der Waals surface area contributed by atoms with Gasteiger partial charge in [-0.15, -0.1) is 0 Å². The van der Waals surface area contributed by atoms with Crippen LogP contribution in [0.25, 0.3) is 11.3 Å². The summed E-state index contributed by atoms with van der Waals surface area (Å²) in [5.74, 6) is 0. The topological polar surface area (TPSA) is 66.9 Å². The average Bonchev–Trinajstić information content (AvgIpc) is 3.26. The molecule has 3 heterocycles. The number of hydrogen-bond acceptors (Lipinski definition) is 7. The van der Waals surface area contributed by atoms with Crippen LogP contribution in [-0.2, 0) is 16.0 Å². The zero-order valence-electron chi connectivity index (χ0n) is 21.2. The van der Waals surface area contributed by atoms with Crippen molar-refractivity contribution in [3.63, 3.8) is 0 Å². The van der Waals surface area contributed by atoms with Gasteiger partial charge in [0.25, 0.3) is 0 Å². The van der Waals surface area contributed by atoms with Gasteiger partial charge >= 0.3 is 6.09 Å². The molecular weight excluding hydrogens is 460 g/mol. The SMILES string of the molecule is CC(C)(C)OC(=O)N1CCC2(CC1)CC(NCc1sc(N3CCOCC3)nc1-c1ccccc1)C2. The van der Waals surface area contributed by atoms with Gasteiger partial charge in [-0.3, -0.25) is 0 Å². The van der Waals surface area contributed by atoms with E-state index in [0.29, 0.717) is 11.5 Å². The van der Waals surface area contributed by atoms with Crippen LogP contribution >= 0.6 is 11.3 Å². The van der Waals surface area contributed by atoms with Crippen LogP contribution in [0.15, 0.2) is 30.3 Å². The average molecular weight is 499 g/mol. The number of aromatic nitrogens is 1. The van der Waals surface area contributed by atoms with Gasteiger partial charge < -0.3 is 24.6 Å². The molecule has 190 valence electrons. The molecule has 0 unspecified atom stereocenters. The number of morpholine rings is 1. The van der Waals surface area contributed by atoms with E-state index >= 15 is 0 Å². The quantitative estimate of drug-likeness (QED) is 0.632. The molecule has 0 atom stereocenters. The molecule has 0 radical (unpaired) electrons. The summed E-state index contributed by atoms with van der Waals surface area (Å²) in [6.07, 6.45) is 4.34. The normalized spacial score (nSPS) is 20.7. The molecule has 1 N–H and O–H groups in total. The van der Waals surface area contributed by atoms with Gasteiger partial charge in [-0.05, 0) is 51.9 Å². The van der Waals surface area contributed by atoms with Crippen molar-refractivity contribution in [2.75, 3.05) is 44.3 Å². The minimum absolute atomic E-state index is 0.170. The van der Waals surface area contributed by atoms with Crippen LogP contribution in [-0.4, -0.2) is 67.0 Å². The first-order valence-corrected chi connectivity index (χ1v) is 13.7. The number of likely N-dealkylation sites (tertiary alicyclic amines) is 1. The van der Waals surface area contributed by atoms with E-state index in [-0.39, 0.29) is 6.09 Å². The largest absolute Gasteiger partial charge is 0.444 e. The van der Waals surface area contributed by atoms with Crippen molar-refractivity contribution in [3.05, 3.63) is 35.2 Å². The van der Waals surface area contributed by atoms with Crippen LogP contribution in [0.1, 0.15) is 51.3 Å². The number of nitrogens with zero attached hydrogens (tertiary/aromatic N) is 3. The molecule has 0 bridgehead atoms. The summed E-state index contributed by atoms with van der Waals surface area (Å²) < 4.78 is 11.1. The molecule has 2 aromatic rings. The van der Waals surface area contributed by atoms with Crippen LogP contribution in [0.5, 0.6) is 0 Å². The first-order chi connectivity index (χ1) is 16.8. The van der Waals surface area contributed by atoms with Crippen LogP contribution in [0.2, 0.25) is 0 Å². The van der Waals surface area contributed by atoms with Crippen molar-refractivity contribution >= 4 is 22.6 Å². The van der Waals surface area contributed by atoms with Crippen LogP contribution < -0.4 is 10.2 Å². The van der Waals surface area contributed by atoms with Gasteiger partial charge in [-0.25, -0.2) is 9.78 Å². The van der Waals surface area contributed by atoms with E-state index in [4.69, 9.17) is 14.5 Å². The number of anilines is 1. The predicted molar refractivity (Wildman–Crippen MR) is 140 cm³/mol. The molecule has 5 rings (SSSR count). The fourth-order valence-electron chi connectivity index (χ4n) is 5.44. The lowest BCUT2D eigenvalue weighted by atomic mass is 9.60. The monoisotopic (exact) mass is 498 g/mol. The fourth-order valence-corrected chi connectivity index (χ4v) is 6.52. The third-order valence-electron chi connectivity index (χ3n) is 7.40. The molecule has 2 saturated heterocycles. The van der Waals surface area contributed by atoms with Gasteiger partial charge in [0.05, 0.1) is 18.9 Å². The molecule has 2 aliphatic heterocycles. The van der Waals surface area contributed by atoms with Crippen LogP contribution in [0.4, 0.5) is 9.93 Å². The number of carbonyl (C=O) groups is 1. The molecule has 1 amide bonds. The molecule has 8 heteroatoms. The minimum atomic E-state index is -0.436. The van der Waals surface area contributed by atoms with Crippen molar-refractivity contribution < 1.29 is 14.3 Å². The first-order valence-electron chi connectivity index (χ1n) is 12.9. The highest BCUT2D eigenvalue weighted by Crippen LogP contribution is 2.49. The van der Waals surface area contributed by atoms with E-state index in [2.05, 4.69) is 40.5 Å². The van der Waals surface area contributed by atoms with Crippen molar-refractivity contribution in [2.45, 2.75) is 64.6 Å². The van der Waals surface area contributed by atoms with E-state index in [1.807, 2.05) is 37.0 Å². The molecule has 3 fully saturated rings. The zero-order chi connectivity index (χ0) is 24.5. The highest BCUT2D eigenvalue weighted by Gasteiger charge is 2.46. The van der Waals surface area contributed by atoms with Gasteiger partial charge in [0.2, 0.25) is 0 Å². The van der Waals surface area contributed by atoms with Crippen molar-refractivity contribution in [3.8, 4) is 11.3 Å². The standard InChI is InChI=1S/C27H38N4O3S/c1-26(2,3)34-25(32)31-11-9-27(10-12-31)17-21(18-27)28-19-22-23(20-7-5-4-6-8-20)29-24(35-22)30-13-15-33-16-14-30/h4-8,21,28H,9-19H2,1-3H3. The lowest BCUT2D eigenvalue weighted by Gasteiger charge is -2.52. The Morgan fingerprint density at radius 1 is 1.14 bits per heavy atom. The fraction of sp³-hybridized carbons (Fsp3) is 0.630. The molecule has 1 aromatic carbocycles. The Hall–Kier alpha value is -2.16. The summed E-state index contributed by atoms with van der Waals surface area (Å²) >= 11 is 1.81. The van der Waals surface area contributed by atoms with Gasteiger partial charge in [-0.2, -0.15) is 0 Å². The summed E-state index contributed by atoms with van der Waals surface area (Å²) in [5, 5.41) is 4.92.